The van der Waals surface area contributed by atoms with Gasteiger partial charge in [-0.25, -0.2) is 0 Å². The van der Waals surface area contributed by atoms with Crippen molar-refractivity contribution in [3.05, 3.63) is 41.7 Å². The minimum absolute atomic E-state index is 0.00475. The van der Waals surface area contributed by atoms with Crippen LogP contribution in [-0.4, -0.2) is 33.3 Å². The first-order chi connectivity index (χ1) is 9.04. The fourth-order valence-electron chi connectivity index (χ4n) is 2.37. The zero-order valence-electron chi connectivity index (χ0n) is 12.0. The number of hydrogen-bond donors (Lipinski definition) is 1. The molecular weight excluding hydrogens is 238 g/mol. The summed E-state index contributed by atoms with van der Waals surface area (Å²) >= 11 is 0. The molecule has 0 amide bonds. The minimum atomic E-state index is -0.00475. The van der Waals surface area contributed by atoms with E-state index in [0.717, 1.165) is 12.2 Å². The van der Waals surface area contributed by atoms with Gasteiger partial charge in [0.2, 0.25) is 0 Å². The van der Waals surface area contributed by atoms with Gasteiger partial charge in [0.1, 0.15) is 0 Å². The average Bonchev–Trinajstić information content (AvgIpc) is 2.82. The largest absolute Gasteiger partial charge is 0.316 e. The zero-order valence-corrected chi connectivity index (χ0v) is 12.0. The van der Waals surface area contributed by atoms with E-state index in [1.54, 1.807) is 7.05 Å². The maximum Gasteiger partial charge on any atom is 0.176 e. The topological polar surface area (TPSA) is 55.6 Å². The van der Waals surface area contributed by atoms with E-state index in [1.807, 2.05) is 13.1 Å². The van der Waals surface area contributed by atoms with E-state index < -0.39 is 0 Å². The quantitative estimate of drug-likeness (QED) is 0.880. The molecule has 1 N–H and O–H groups in total. The number of tetrazole rings is 1. The van der Waals surface area contributed by atoms with Crippen LogP contribution in [0, 0.1) is 0 Å². The molecule has 0 saturated heterocycles. The van der Waals surface area contributed by atoms with Gasteiger partial charge in [-0.1, -0.05) is 44.2 Å². The highest BCUT2D eigenvalue weighted by Gasteiger charge is 2.31. The van der Waals surface area contributed by atoms with E-state index >= 15 is 0 Å². The van der Waals surface area contributed by atoms with Crippen molar-refractivity contribution in [3.63, 3.8) is 0 Å². The Morgan fingerprint density at radius 2 is 1.95 bits per heavy atom. The van der Waals surface area contributed by atoms with Crippen molar-refractivity contribution in [3.8, 4) is 0 Å². The number of hydrogen-bond acceptors (Lipinski definition) is 4. The van der Waals surface area contributed by atoms with Crippen molar-refractivity contribution in [2.75, 3.05) is 7.05 Å². The SMILES string of the molecule is CNC(Cc1nnn(C)n1)C(C)(C)c1ccccc1. The Balaban J connectivity index is 2.21. The molecule has 1 atom stereocenters. The maximum absolute atomic E-state index is 4.26. The number of nitrogens with one attached hydrogen (secondary N) is 1. The van der Waals surface area contributed by atoms with Crippen molar-refractivity contribution < 1.29 is 0 Å². The van der Waals surface area contributed by atoms with E-state index in [9.17, 15) is 0 Å². The highest BCUT2D eigenvalue weighted by molar-refractivity contribution is 5.26. The third kappa shape index (κ3) is 2.98. The first kappa shape index (κ1) is 13.7. The van der Waals surface area contributed by atoms with Crippen LogP contribution in [0.3, 0.4) is 0 Å². The molecular formula is C14H21N5. The summed E-state index contributed by atoms with van der Waals surface area (Å²) in [4.78, 5) is 1.50. The van der Waals surface area contributed by atoms with Crippen LogP contribution in [0.5, 0.6) is 0 Å². The van der Waals surface area contributed by atoms with Gasteiger partial charge in [0, 0.05) is 17.9 Å². The molecule has 0 radical (unpaired) electrons. The fraction of sp³-hybridized carbons (Fsp3) is 0.500. The van der Waals surface area contributed by atoms with E-state index in [2.05, 4.69) is 58.8 Å². The standard InChI is InChI=1S/C14H21N5/c1-14(2,11-8-6-5-7-9-11)12(15-3)10-13-16-18-19(4)17-13/h5-9,12,15H,10H2,1-4H3. The monoisotopic (exact) mass is 259 g/mol. The molecule has 1 heterocycles. The lowest BCUT2D eigenvalue weighted by atomic mass is 9.76. The molecule has 0 bridgehead atoms. The van der Waals surface area contributed by atoms with Crippen LogP contribution in [0.2, 0.25) is 0 Å². The molecule has 2 rings (SSSR count). The summed E-state index contributed by atoms with van der Waals surface area (Å²) in [6.07, 6.45) is 0.756. The molecule has 5 heteroatoms. The van der Waals surface area contributed by atoms with Gasteiger partial charge in [-0.3, -0.25) is 0 Å². The van der Waals surface area contributed by atoms with Crippen LogP contribution < -0.4 is 5.32 Å². The normalized spacial score (nSPS) is 13.5. The van der Waals surface area contributed by atoms with Gasteiger partial charge in [0.25, 0.3) is 0 Å². The number of likely N-dealkylation sites (N-methyl/N-ethyl adjacent to an activating group) is 1. The van der Waals surface area contributed by atoms with Gasteiger partial charge in [0.15, 0.2) is 5.82 Å². The molecule has 1 aromatic carbocycles. The van der Waals surface area contributed by atoms with Crippen LogP contribution >= 0.6 is 0 Å². The maximum atomic E-state index is 4.26. The molecule has 0 aliphatic carbocycles. The summed E-state index contributed by atoms with van der Waals surface area (Å²) in [6, 6.07) is 10.8. The Bertz CT molecular complexity index is 518. The molecule has 0 aliphatic heterocycles. The van der Waals surface area contributed by atoms with Crippen LogP contribution in [0.25, 0.3) is 0 Å². The number of nitrogens with zero attached hydrogens (tertiary/aromatic N) is 4. The second kappa shape index (κ2) is 5.48. The third-order valence-corrected chi connectivity index (χ3v) is 3.67. The molecule has 102 valence electrons. The van der Waals surface area contributed by atoms with Crippen molar-refractivity contribution in [2.24, 2.45) is 7.05 Å². The van der Waals surface area contributed by atoms with Gasteiger partial charge < -0.3 is 5.32 Å². The molecule has 0 fully saturated rings. The Morgan fingerprint density at radius 1 is 1.26 bits per heavy atom. The van der Waals surface area contributed by atoms with Crippen molar-refractivity contribution in [1.29, 1.82) is 0 Å². The lowest BCUT2D eigenvalue weighted by molar-refractivity contribution is 0.351. The molecule has 0 saturated carbocycles. The van der Waals surface area contributed by atoms with Gasteiger partial charge in [-0.15, -0.1) is 10.2 Å². The van der Waals surface area contributed by atoms with Crippen molar-refractivity contribution in [1.82, 2.24) is 25.5 Å². The minimum Gasteiger partial charge on any atom is -0.316 e. The summed E-state index contributed by atoms with van der Waals surface area (Å²) in [7, 11) is 3.76. The smallest absolute Gasteiger partial charge is 0.176 e. The highest BCUT2D eigenvalue weighted by atomic mass is 15.6. The van der Waals surface area contributed by atoms with Gasteiger partial charge in [-0.2, -0.15) is 4.80 Å². The Kier molecular flexibility index (Phi) is 3.95. The van der Waals surface area contributed by atoms with Crippen molar-refractivity contribution >= 4 is 0 Å². The van der Waals surface area contributed by atoms with Gasteiger partial charge in [0.05, 0.1) is 7.05 Å². The summed E-state index contributed by atoms with van der Waals surface area (Å²) < 4.78 is 0. The molecule has 2 aromatic rings. The molecule has 5 nitrogen and oxygen atoms in total. The first-order valence-electron chi connectivity index (χ1n) is 6.49. The fourth-order valence-corrected chi connectivity index (χ4v) is 2.37. The van der Waals surface area contributed by atoms with Crippen LogP contribution in [0.15, 0.2) is 30.3 Å². The second-order valence-corrected chi connectivity index (χ2v) is 5.33. The predicted molar refractivity (Wildman–Crippen MR) is 74.8 cm³/mol. The van der Waals surface area contributed by atoms with Crippen LogP contribution in [-0.2, 0) is 18.9 Å². The van der Waals surface area contributed by atoms with E-state index in [0.29, 0.717) is 0 Å². The molecule has 1 aromatic heterocycles. The third-order valence-electron chi connectivity index (χ3n) is 3.67. The lowest BCUT2D eigenvalue weighted by Gasteiger charge is -2.34. The Morgan fingerprint density at radius 3 is 2.47 bits per heavy atom. The summed E-state index contributed by atoms with van der Waals surface area (Å²) in [5, 5.41) is 15.6. The van der Waals surface area contributed by atoms with E-state index in [4.69, 9.17) is 0 Å². The Hall–Kier alpha value is -1.75. The molecule has 0 spiro atoms. The zero-order chi connectivity index (χ0) is 13.9. The van der Waals surface area contributed by atoms with Crippen molar-refractivity contribution in [2.45, 2.75) is 31.7 Å². The Labute approximate surface area is 114 Å². The molecule has 0 aliphatic rings. The van der Waals surface area contributed by atoms with E-state index in [-0.39, 0.29) is 11.5 Å². The number of aryl methyl sites for hydroxylation is 1. The summed E-state index contributed by atoms with van der Waals surface area (Å²) in [6.45, 7) is 4.47. The second-order valence-electron chi connectivity index (χ2n) is 5.33. The summed E-state index contributed by atoms with van der Waals surface area (Å²) in [5.74, 6) is 0.769. The predicted octanol–water partition coefficient (Wildman–Crippen LogP) is 1.32. The number of rotatable bonds is 5. The first-order valence-corrected chi connectivity index (χ1v) is 6.49. The van der Waals surface area contributed by atoms with E-state index in [1.165, 1.54) is 10.4 Å². The number of aromatic nitrogens is 4. The van der Waals surface area contributed by atoms with Crippen LogP contribution in [0.4, 0.5) is 0 Å². The van der Waals surface area contributed by atoms with Crippen LogP contribution in [0.1, 0.15) is 25.2 Å². The number of benzene rings is 1. The van der Waals surface area contributed by atoms with Gasteiger partial charge >= 0.3 is 0 Å². The molecule has 1 unspecified atom stereocenters. The average molecular weight is 259 g/mol. The lowest BCUT2D eigenvalue weighted by Crippen LogP contribution is -2.44. The summed E-state index contributed by atoms with van der Waals surface area (Å²) in [5.41, 5.74) is 1.30. The van der Waals surface area contributed by atoms with Gasteiger partial charge in [-0.05, 0) is 17.8 Å². The molecule has 19 heavy (non-hydrogen) atoms. The highest BCUT2D eigenvalue weighted by Crippen LogP contribution is 2.28.